The topological polar surface area (TPSA) is 135 Å². The lowest BCUT2D eigenvalue weighted by Gasteiger charge is -2.58. The number of hydrogen-bond donors (Lipinski definition) is 3. The number of aryl methyl sites for hydroxylation is 1. The van der Waals surface area contributed by atoms with E-state index in [1.54, 1.807) is 6.08 Å². The van der Waals surface area contributed by atoms with E-state index in [9.17, 15) is 24.6 Å². The first-order valence-electron chi connectivity index (χ1n) is 14.8. The fourth-order valence-electron chi connectivity index (χ4n) is 7.32. The van der Waals surface area contributed by atoms with Crippen molar-refractivity contribution in [2.45, 2.75) is 102 Å². The fourth-order valence-corrected chi connectivity index (χ4v) is 7.32. The molecule has 2 heterocycles. The van der Waals surface area contributed by atoms with Gasteiger partial charge in [-0.3, -0.25) is 9.59 Å². The van der Waals surface area contributed by atoms with E-state index in [0.29, 0.717) is 24.3 Å². The summed E-state index contributed by atoms with van der Waals surface area (Å²) in [6.45, 7) is 6.01. The number of fused-ring (bicyclic) bond motifs is 1. The summed E-state index contributed by atoms with van der Waals surface area (Å²) < 4.78 is 17.6. The van der Waals surface area contributed by atoms with Gasteiger partial charge in [0.05, 0.1) is 24.0 Å². The van der Waals surface area contributed by atoms with Gasteiger partial charge in [0.1, 0.15) is 11.5 Å². The molecule has 1 saturated heterocycles. The van der Waals surface area contributed by atoms with Crippen molar-refractivity contribution in [3.05, 3.63) is 40.7 Å². The summed E-state index contributed by atoms with van der Waals surface area (Å²) in [4.78, 5) is 39.8. The molecule has 2 aliphatic heterocycles. The molecule has 0 unspecified atom stereocenters. The summed E-state index contributed by atoms with van der Waals surface area (Å²) in [5.41, 5.74) is 0.273. The first-order chi connectivity index (χ1) is 19.5. The molecular formula is C31H42N2O8. The van der Waals surface area contributed by atoms with Crippen LogP contribution in [0.5, 0.6) is 5.75 Å². The molecule has 5 rings (SSSR count). The van der Waals surface area contributed by atoms with Crippen LogP contribution in [0.3, 0.4) is 0 Å². The summed E-state index contributed by atoms with van der Waals surface area (Å²) in [5.74, 6) is -0.598. The Kier molecular flexibility index (Phi) is 8.20. The molecular weight excluding hydrogens is 528 g/mol. The fraction of sp³-hybridized carbons (Fsp3) is 0.645. The average Bonchev–Trinajstić information content (AvgIpc) is 3.61. The van der Waals surface area contributed by atoms with E-state index < -0.39 is 35.2 Å². The third-order valence-electron chi connectivity index (χ3n) is 9.82. The second kappa shape index (κ2) is 11.4. The van der Waals surface area contributed by atoms with Gasteiger partial charge >= 0.3 is 11.9 Å². The zero-order chi connectivity index (χ0) is 29.5. The van der Waals surface area contributed by atoms with Gasteiger partial charge in [-0.15, -0.1) is 0 Å². The van der Waals surface area contributed by atoms with Crippen LogP contribution >= 0.6 is 0 Å². The summed E-state index contributed by atoms with van der Waals surface area (Å²) in [6.07, 6.45) is 4.31. The first kappa shape index (κ1) is 29.5. The Balaban J connectivity index is 1.30. The lowest BCUT2D eigenvalue weighted by molar-refractivity contribution is -0.171. The number of benzene rings is 1. The number of nitrogens with one attached hydrogen (secondary N) is 1. The Bertz CT molecular complexity index is 1240. The summed E-state index contributed by atoms with van der Waals surface area (Å²) >= 11 is 0. The molecule has 1 saturated carbocycles. The lowest BCUT2D eigenvalue weighted by Crippen LogP contribution is -2.71. The SMILES string of the molecule is Cc1ccc(CO)c2c1[C@]13CCN(C)[C@H](C)[C@]1(O)CC=C(OC(=O)[C@H](C)OC(=O)CCNC(=O)C1CCCC1)[C@@H]3O2. The van der Waals surface area contributed by atoms with E-state index in [1.165, 1.54) is 6.92 Å². The average molecular weight is 571 g/mol. The highest BCUT2D eigenvalue weighted by Crippen LogP contribution is 2.61. The van der Waals surface area contributed by atoms with Crippen LogP contribution in [0.1, 0.15) is 75.5 Å². The lowest BCUT2D eigenvalue weighted by atomic mass is 9.54. The molecule has 4 aliphatic rings. The third kappa shape index (κ3) is 4.93. The number of rotatable bonds is 8. The van der Waals surface area contributed by atoms with Crippen LogP contribution < -0.4 is 10.1 Å². The number of amides is 1. The van der Waals surface area contributed by atoms with E-state index in [-0.39, 0.29) is 49.6 Å². The molecule has 0 aromatic heterocycles. The van der Waals surface area contributed by atoms with Crippen molar-refractivity contribution in [3.8, 4) is 5.75 Å². The Morgan fingerprint density at radius 2 is 1.98 bits per heavy atom. The number of likely N-dealkylation sites (N-methyl/N-ethyl adjacent to an activating group) is 1. The normalized spacial score (nSPS) is 29.9. The van der Waals surface area contributed by atoms with Crippen LogP contribution in [-0.4, -0.2) is 76.9 Å². The van der Waals surface area contributed by atoms with Crippen LogP contribution in [0.2, 0.25) is 0 Å². The number of likely N-dealkylation sites (tertiary alicyclic amines) is 1. The van der Waals surface area contributed by atoms with Crippen molar-refractivity contribution >= 4 is 17.8 Å². The van der Waals surface area contributed by atoms with Gasteiger partial charge in [0.15, 0.2) is 12.2 Å². The predicted molar refractivity (Wildman–Crippen MR) is 149 cm³/mol. The van der Waals surface area contributed by atoms with Gasteiger partial charge in [-0.1, -0.05) is 25.0 Å². The van der Waals surface area contributed by atoms with Crippen molar-refractivity contribution in [1.29, 1.82) is 0 Å². The second-order valence-electron chi connectivity index (χ2n) is 12.1. The van der Waals surface area contributed by atoms with Crippen molar-refractivity contribution < 1.29 is 38.8 Å². The van der Waals surface area contributed by atoms with Gasteiger partial charge in [-0.25, -0.2) is 4.79 Å². The molecule has 1 aromatic carbocycles. The summed E-state index contributed by atoms with van der Waals surface area (Å²) in [7, 11) is 1.98. The number of carbonyl (C=O) groups excluding carboxylic acids is 3. The summed E-state index contributed by atoms with van der Waals surface area (Å²) in [6, 6.07) is 3.52. The van der Waals surface area contributed by atoms with Gasteiger partial charge in [0.25, 0.3) is 0 Å². The van der Waals surface area contributed by atoms with E-state index in [0.717, 1.165) is 36.8 Å². The maximum absolute atomic E-state index is 13.1. The number of hydrogen-bond acceptors (Lipinski definition) is 9. The number of ether oxygens (including phenoxy) is 3. The number of carbonyl (C=O) groups is 3. The highest BCUT2D eigenvalue weighted by atomic mass is 16.6. The molecule has 2 aliphatic carbocycles. The first-order valence-corrected chi connectivity index (χ1v) is 14.8. The predicted octanol–water partition coefficient (Wildman–Crippen LogP) is 2.40. The van der Waals surface area contributed by atoms with E-state index in [4.69, 9.17) is 14.2 Å². The van der Waals surface area contributed by atoms with Gasteiger partial charge in [0, 0.05) is 36.1 Å². The maximum Gasteiger partial charge on any atom is 0.352 e. The van der Waals surface area contributed by atoms with Gasteiger partial charge < -0.3 is 34.6 Å². The minimum absolute atomic E-state index is 0.0124. The van der Waals surface area contributed by atoms with Crippen molar-refractivity contribution in [2.75, 3.05) is 20.1 Å². The van der Waals surface area contributed by atoms with E-state index >= 15 is 0 Å². The molecule has 10 nitrogen and oxygen atoms in total. The Morgan fingerprint density at radius 3 is 2.68 bits per heavy atom. The Labute approximate surface area is 241 Å². The van der Waals surface area contributed by atoms with Crippen LogP contribution in [0.4, 0.5) is 0 Å². The molecule has 224 valence electrons. The van der Waals surface area contributed by atoms with Crippen LogP contribution in [0.25, 0.3) is 0 Å². The molecule has 1 aromatic rings. The smallest absolute Gasteiger partial charge is 0.352 e. The second-order valence-corrected chi connectivity index (χ2v) is 12.1. The van der Waals surface area contributed by atoms with Crippen molar-refractivity contribution in [3.63, 3.8) is 0 Å². The van der Waals surface area contributed by atoms with Gasteiger partial charge in [-0.05, 0) is 65.3 Å². The standard InChI is InChI=1S/C31H42N2O8/c1-18-9-10-22(17-34)26-25(18)30-14-16-33(4)20(3)31(30,38)13-11-23(27(30)41-26)40-29(37)19(2)39-24(35)12-15-32-28(36)21-7-5-6-8-21/h9-11,19-21,27,34,38H,5-8,12-17H2,1-4H3,(H,32,36)/t19-,20+,27-,30-,31+/m0/s1. The quantitative estimate of drug-likeness (QED) is 0.403. The number of aliphatic hydroxyl groups excluding tert-OH is 1. The van der Waals surface area contributed by atoms with Crippen LogP contribution in [0.15, 0.2) is 24.0 Å². The minimum atomic E-state index is -1.22. The maximum atomic E-state index is 13.1. The zero-order valence-electron chi connectivity index (χ0n) is 24.4. The minimum Gasteiger partial charge on any atom is -0.481 e. The van der Waals surface area contributed by atoms with Crippen LogP contribution in [0, 0.1) is 12.8 Å². The molecule has 3 N–H and O–H groups in total. The molecule has 5 atom stereocenters. The highest BCUT2D eigenvalue weighted by Gasteiger charge is 2.69. The number of piperidine rings is 1. The molecule has 0 bridgehead atoms. The molecule has 1 spiro atoms. The molecule has 41 heavy (non-hydrogen) atoms. The highest BCUT2D eigenvalue weighted by molar-refractivity contribution is 5.81. The monoisotopic (exact) mass is 570 g/mol. The largest absolute Gasteiger partial charge is 0.481 e. The molecule has 2 fully saturated rings. The molecule has 10 heteroatoms. The Morgan fingerprint density at radius 1 is 1.24 bits per heavy atom. The van der Waals surface area contributed by atoms with Crippen molar-refractivity contribution in [1.82, 2.24) is 10.2 Å². The summed E-state index contributed by atoms with van der Waals surface area (Å²) in [5, 5.41) is 25.2. The van der Waals surface area contributed by atoms with Crippen molar-refractivity contribution in [2.24, 2.45) is 5.92 Å². The number of nitrogens with zero attached hydrogens (tertiary/aromatic N) is 1. The van der Waals surface area contributed by atoms with E-state index in [1.807, 2.05) is 33.0 Å². The van der Waals surface area contributed by atoms with Crippen LogP contribution in [-0.2, 0) is 35.9 Å². The zero-order valence-corrected chi connectivity index (χ0v) is 24.4. The van der Waals surface area contributed by atoms with E-state index in [2.05, 4.69) is 10.2 Å². The molecule has 1 amide bonds. The number of aliphatic hydroxyl groups is 2. The molecule has 0 radical (unpaired) electrons. The van der Waals surface area contributed by atoms with Gasteiger partial charge in [0.2, 0.25) is 5.91 Å². The number of esters is 2. The third-order valence-corrected chi connectivity index (χ3v) is 9.82. The Hall–Kier alpha value is -2.95. The van der Waals surface area contributed by atoms with Gasteiger partial charge in [-0.2, -0.15) is 0 Å².